The Bertz CT molecular complexity index is 431. The topological polar surface area (TPSA) is 63.5 Å². The van der Waals surface area contributed by atoms with E-state index < -0.39 is 4.92 Å². The first-order valence-electron chi connectivity index (χ1n) is 5.18. The number of benzene rings is 1. The third kappa shape index (κ3) is 2.03. The average molecular weight is 220 g/mol. The molecule has 16 heavy (non-hydrogen) atoms. The molecule has 1 saturated heterocycles. The second-order valence-electron chi connectivity index (χ2n) is 3.80. The fraction of sp³-hybridized carbons (Fsp3) is 0.364. The Morgan fingerprint density at radius 1 is 1.38 bits per heavy atom. The van der Waals surface area contributed by atoms with E-state index in [9.17, 15) is 14.9 Å². The number of rotatable bonds is 3. The van der Waals surface area contributed by atoms with Crippen molar-refractivity contribution in [2.75, 3.05) is 6.54 Å². The largest absolute Gasteiger partial charge is 0.338 e. The summed E-state index contributed by atoms with van der Waals surface area (Å²) in [4.78, 5) is 23.5. The first-order chi connectivity index (χ1) is 7.68. The van der Waals surface area contributed by atoms with Gasteiger partial charge in [-0.05, 0) is 6.42 Å². The highest BCUT2D eigenvalue weighted by Crippen LogP contribution is 2.21. The summed E-state index contributed by atoms with van der Waals surface area (Å²) in [7, 11) is 0. The Morgan fingerprint density at radius 2 is 2.12 bits per heavy atom. The fourth-order valence-electron chi connectivity index (χ4n) is 1.90. The normalized spacial score (nSPS) is 15.5. The van der Waals surface area contributed by atoms with Crippen LogP contribution in [0.4, 0.5) is 5.69 Å². The van der Waals surface area contributed by atoms with Crippen molar-refractivity contribution in [3.63, 3.8) is 0 Å². The maximum Gasteiger partial charge on any atom is 0.274 e. The number of likely N-dealkylation sites (tertiary alicyclic amines) is 1. The molecule has 0 spiro atoms. The van der Waals surface area contributed by atoms with E-state index in [4.69, 9.17) is 0 Å². The van der Waals surface area contributed by atoms with Gasteiger partial charge in [-0.25, -0.2) is 0 Å². The van der Waals surface area contributed by atoms with E-state index in [2.05, 4.69) is 0 Å². The van der Waals surface area contributed by atoms with Crippen LogP contribution in [0.2, 0.25) is 0 Å². The lowest BCUT2D eigenvalue weighted by Gasteiger charge is -2.15. The van der Waals surface area contributed by atoms with Gasteiger partial charge in [-0.15, -0.1) is 0 Å². The molecule has 5 heteroatoms. The summed E-state index contributed by atoms with van der Waals surface area (Å²) < 4.78 is 0. The zero-order valence-electron chi connectivity index (χ0n) is 8.76. The van der Waals surface area contributed by atoms with Gasteiger partial charge in [0, 0.05) is 24.6 Å². The lowest BCUT2D eigenvalue weighted by molar-refractivity contribution is -0.385. The number of carbonyl (C=O) groups excluding carboxylic acids is 1. The highest BCUT2D eigenvalue weighted by atomic mass is 16.6. The molecule has 0 aromatic heterocycles. The number of amides is 1. The van der Waals surface area contributed by atoms with Crippen LogP contribution in [0.1, 0.15) is 18.4 Å². The van der Waals surface area contributed by atoms with E-state index in [-0.39, 0.29) is 11.6 Å². The van der Waals surface area contributed by atoms with Crippen LogP contribution in [0.5, 0.6) is 0 Å². The summed E-state index contributed by atoms with van der Waals surface area (Å²) in [5, 5.41) is 10.8. The summed E-state index contributed by atoms with van der Waals surface area (Å²) in [6, 6.07) is 6.55. The minimum absolute atomic E-state index is 0.0816. The minimum atomic E-state index is -0.407. The molecule has 1 fully saturated rings. The first-order valence-corrected chi connectivity index (χ1v) is 5.18. The van der Waals surface area contributed by atoms with Crippen LogP contribution >= 0.6 is 0 Å². The van der Waals surface area contributed by atoms with Crippen molar-refractivity contribution in [2.45, 2.75) is 19.4 Å². The number of carbonyl (C=O) groups is 1. The Kier molecular flexibility index (Phi) is 2.85. The van der Waals surface area contributed by atoms with Gasteiger partial charge in [0.1, 0.15) is 0 Å². The Labute approximate surface area is 92.8 Å². The molecule has 0 unspecified atom stereocenters. The van der Waals surface area contributed by atoms with Crippen molar-refractivity contribution in [3.05, 3.63) is 39.9 Å². The Morgan fingerprint density at radius 3 is 2.75 bits per heavy atom. The van der Waals surface area contributed by atoms with E-state index in [1.165, 1.54) is 6.07 Å². The summed E-state index contributed by atoms with van der Waals surface area (Å²) in [5.74, 6) is 0.0816. The molecule has 0 bridgehead atoms. The van der Waals surface area contributed by atoms with Gasteiger partial charge >= 0.3 is 0 Å². The van der Waals surface area contributed by atoms with Crippen LogP contribution in [0, 0.1) is 10.1 Å². The van der Waals surface area contributed by atoms with Crippen molar-refractivity contribution in [3.8, 4) is 0 Å². The number of hydrogen-bond donors (Lipinski definition) is 0. The van der Waals surface area contributed by atoms with Crippen LogP contribution in [0.25, 0.3) is 0 Å². The Hall–Kier alpha value is -1.91. The molecular formula is C11H12N2O3. The molecule has 0 N–H and O–H groups in total. The van der Waals surface area contributed by atoms with Gasteiger partial charge in [0.25, 0.3) is 5.69 Å². The predicted octanol–water partition coefficient (Wildman–Crippen LogP) is 1.72. The standard InChI is InChI=1S/C11H12N2O3/c14-11-6-3-7-12(11)8-9-4-1-2-5-10(9)13(15)16/h1-2,4-5H,3,6-8H2. The molecule has 0 radical (unpaired) electrons. The molecule has 0 atom stereocenters. The molecule has 1 aliphatic rings. The monoisotopic (exact) mass is 220 g/mol. The Balaban J connectivity index is 2.20. The van der Waals surface area contributed by atoms with Crippen molar-refractivity contribution >= 4 is 11.6 Å². The number of nitro groups is 1. The van der Waals surface area contributed by atoms with E-state index in [0.717, 1.165) is 6.42 Å². The van der Waals surface area contributed by atoms with E-state index in [0.29, 0.717) is 25.1 Å². The summed E-state index contributed by atoms with van der Waals surface area (Å²) in [6.07, 6.45) is 1.40. The van der Waals surface area contributed by atoms with E-state index in [1.807, 2.05) is 0 Å². The van der Waals surface area contributed by atoms with Crippen molar-refractivity contribution < 1.29 is 9.72 Å². The molecule has 2 rings (SSSR count). The average Bonchev–Trinajstić information content (AvgIpc) is 2.65. The highest BCUT2D eigenvalue weighted by Gasteiger charge is 2.23. The molecule has 1 amide bonds. The van der Waals surface area contributed by atoms with Gasteiger partial charge in [0.05, 0.1) is 11.5 Å². The SMILES string of the molecule is O=C1CCCN1Cc1ccccc1[N+](=O)[O-]. The zero-order valence-corrected chi connectivity index (χ0v) is 8.76. The maximum absolute atomic E-state index is 11.4. The molecule has 1 heterocycles. The third-order valence-corrected chi connectivity index (χ3v) is 2.72. The minimum Gasteiger partial charge on any atom is -0.338 e. The smallest absolute Gasteiger partial charge is 0.274 e. The molecule has 0 saturated carbocycles. The van der Waals surface area contributed by atoms with Crippen molar-refractivity contribution in [1.29, 1.82) is 0 Å². The molecule has 1 aromatic rings. The number of nitrogens with zero attached hydrogens (tertiary/aromatic N) is 2. The molecule has 0 aliphatic carbocycles. The summed E-state index contributed by atoms with van der Waals surface area (Å²) >= 11 is 0. The van der Waals surface area contributed by atoms with Crippen molar-refractivity contribution in [2.24, 2.45) is 0 Å². The van der Waals surface area contributed by atoms with Crippen LogP contribution in [0.15, 0.2) is 24.3 Å². The van der Waals surface area contributed by atoms with Crippen molar-refractivity contribution in [1.82, 2.24) is 4.90 Å². The second-order valence-corrected chi connectivity index (χ2v) is 3.80. The maximum atomic E-state index is 11.4. The fourth-order valence-corrected chi connectivity index (χ4v) is 1.90. The number of para-hydroxylation sites is 1. The van der Waals surface area contributed by atoms with Gasteiger partial charge in [-0.3, -0.25) is 14.9 Å². The van der Waals surface area contributed by atoms with Crippen LogP contribution < -0.4 is 0 Å². The van der Waals surface area contributed by atoms with Gasteiger partial charge in [-0.2, -0.15) is 0 Å². The second kappa shape index (κ2) is 4.30. The van der Waals surface area contributed by atoms with Gasteiger partial charge in [0.2, 0.25) is 5.91 Å². The van der Waals surface area contributed by atoms with E-state index in [1.54, 1.807) is 23.1 Å². The van der Waals surface area contributed by atoms with Gasteiger partial charge < -0.3 is 4.90 Å². The quantitative estimate of drug-likeness (QED) is 0.575. The molecule has 1 aliphatic heterocycles. The lowest BCUT2D eigenvalue weighted by Crippen LogP contribution is -2.24. The zero-order chi connectivity index (χ0) is 11.5. The summed E-state index contributed by atoms with van der Waals surface area (Å²) in [5.41, 5.74) is 0.685. The van der Waals surface area contributed by atoms with E-state index >= 15 is 0 Å². The lowest BCUT2D eigenvalue weighted by atomic mass is 10.1. The molecular weight excluding hydrogens is 208 g/mol. The molecule has 84 valence electrons. The predicted molar refractivity (Wildman–Crippen MR) is 57.7 cm³/mol. The summed E-state index contributed by atoms with van der Waals surface area (Å²) in [6.45, 7) is 1.04. The molecule has 1 aromatic carbocycles. The van der Waals surface area contributed by atoms with Gasteiger partial charge in [0.15, 0.2) is 0 Å². The highest BCUT2D eigenvalue weighted by molar-refractivity contribution is 5.78. The number of nitro benzene ring substituents is 1. The van der Waals surface area contributed by atoms with Gasteiger partial charge in [-0.1, -0.05) is 18.2 Å². The van der Waals surface area contributed by atoms with Crippen LogP contribution in [-0.2, 0) is 11.3 Å². The van der Waals surface area contributed by atoms with Crippen LogP contribution in [0.3, 0.4) is 0 Å². The first kappa shape index (κ1) is 10.6. The molecule has 5 nitrogen and oxygen atoms in total. The number of hydrogen-bond acceptors (Lipinski definition) is 3. The van der Waals surface area contributed by atoms with Crippen LogP contribution in [-0.4, -0.2) is 22.3 Å². The third-order valence-electron chi connectivity index (χ3n) is 2.72.